The van der Waals surface area contributed by atoms with Gasteiger partial charge in [0.15, 0.2) is 0 Å². The van der Waals surface area contributed by atoms with Crippen LogP contribution in [0.5, 0.6) is 5.75 Å². The topological polar surface area (TPSA) is 12.5 Å². The molecule has 1 atom stereocenters. The van der Waals surface area contributed by atoms with E-state index in [2.05, 4.69) is 38.7 Å². The molecule has 0 saturated heterocycles. The minimum absolute atomic E-state index is 0.689. The third-order valence-electron chi connectivity index (χ3n) is 5.46. The molecule has 2 aliphatic rings. The van der Waals surface area contributed by atoms with E-state index in [9.17, 15) is 0 Å². The summed E-state index contributed by atoms with van der Waals surface area (Å²) in [6, 6.07) is 2.36. The molecular formula is C20H31NO. The van der Waals surface area contributed by atoms with Crippen molar-refractivity contribution < 1.29 is 4.74 Å². The molecule has 1 aliphatic heterocycles. The Morgan fingerprint density at radius 2 is 2.05 bits per heavy atom. The van der Waals surface area contributed by atoms with E-state index < -0.39 is 0 Å². The lowest BCUT2D eigenvalue weighted by Gasteiger charge is -2.35. The maximum absolute atomic E-state index is 6.03. The highest BCUT2D eigenvalue weighted by molar-refractivity contribution is 5.69. The summed E-state index contributed by atoms with van der Waals surface area (Å²) in [6.45, 7) is 12.3. The molecule has 0 bridgehead atoms. The number of hydrogen-bond acceptors (Lipinski definition) is 2. The number of ether oxygens (including phenoxy) is 1. The SMILES string of the molecule is CCC1CCc2cc3c(c(C)c2CC1)N(CC(C)C)CCO3. The molecule has 1 heterocycles. The Morgan fingerprint density at radius 3 is 2.77 bits per heavy atom. The van der Waals surface area contributed by atoms with Crippen LogP contribution in [0.1, 0.15) is 56.7 Å². The van der Waals surface area contributed by atoms with E-state index in [1.54, 1.807) is 11.1 Å². The lowest BCUT2D eigenvalue weighted by atomic mass is 9.94. The average molecular weight is 301 g/mol. The largest absolute Gasteiger partial charge is 0.490 e. The maximum atomic E-state index is 6.03. The van der Waals surface area contributed by atoms with Gasteiger partial charge in [-0.1, -0.05) is 27.2 Å². The third-order valence-corrected chi connectivity index (χ3v) is 5.46. The smallest absolute Gasteiger partial charge is 0.143 e. The summed E-state index contributed by atoms with van der Waals surface area (Å²) >= 11 is 0. The van der Waals surface area contributed by atoms with Crippen LogP contribution < -0.4 is 9.64 Å². The number of anilines is 1. The molecule has 2 heteroatoms. The van der Waals surface area contributed by atoms with Crippen LogP contribution in [0.15, 0.2) is 6.07 Å². The number of benzene rings is 1. The van der Waals surface area contributed by atoms with Crippen LogP contribution in [0.2, 0.25) is 0 Å². The fourth-order valence-corrected chi connectivity index (χ4v) is 4.22. The lowest BCUT2D eigenvalue weighted by molar-refractivity contribution is 0.304. The second kappa shape index (κ2) is 6.52. The van der Waals surface area contributed by atoms with Crippen LogP contribution in [0.4, 0.5) is 5.69 Å². The van der Waals surface area contributed by atoms with Crippen molar-refractivity contribution in [1.29, 1.82) is 0 Å². The fraction of sp³-hybridized carbons (Fsp3) is 0.700. The van der Waals surface area contributed by atoms with Gasteiger partial charge in [-0.15, -0.1) is 0 Å². The van der Waals surface area contributed by atoms with Crippen molar-refractivity contribution in [1.82, 2.24) is 0 Å². The quantitative estimate of drug-likeness (QED) is 0.747. The molecule has 22 heavy (non-hydrogen) atoms. The number of nitrogens with zero attached hydrogens (tertiary/aromatic N) is 1. The number of hydrogen-bond donors (Lipinski definition) is 0. The molecule has 1 aromatic carbocycles. The van der Waals surface area contributed by atoms with Crippen molar-refractivity contribution in [3.63, 3.8) is 0 Å². The number of rotatable bonds is 3. The molecule has 0 radical (unpaired) electrons. The third kappa shape index (κ3) is 2.98. The van der Waals surface area contributed by atoms with Crippen molar-refractivity contribution in [3.8, 4) is 5.75 Å². The van der Waals surface area contributed by atoms with Crippen LogP contribution in [-0.2, 0) is 12.8 Å². The van der Waals surface area contributed by atoms with Gasteiger partial charge in [0.1, 0.15) is 12.4 Å². The Kier molecular flexibility index (Phi) is 4.65. The Labute approximate surface area is 135 Å². The minimum Gasteiger partial charge on any atom is -0.490 e. The van der Waals surface area contributed by atoms with E-state index in [4.69, 9.17) is 4.74 Å². The second-order valence-electron chi connectivity index (χ2n) is 7.53. The minimum atomic E-state index is 0.689. The Hall–Kier alpha value is -1.18. The van der Waals surface area contributed by atoms with E-state index in [1.807, 2.05) is 0 Å². The summed E-state index contributed by atoms with van der Waals surface area (Å²) in [7, 11) is 0. The zero-order valence-corrected chi connectivity index (χ0v) is 14.7. The molecule has 1 aliphatic carbocycles. The molecule has 2 nitrogen and oxygen atoms in total. The van der Waals surface area contributed by atoms with E-state index in [1.165, 1.54) is 43.4 Å². The van der Waals surface area contributed by atoms with Gasteiger partial charge in [0.2, 0.25) is 0 Å². The van der Waals surface area contributed by atoms with E-state index in [0.29, 0.717) is 5.92 Å². The fourth-order valence-electron chi connectivity index (χ4n) is 4.22. The van der Waals surface area contributed by atoms with E-state index in [0.717, 1.165) is 31.4 Å². The molecule has 0 amide bonds. The normalized spacial score (nSPS) is 21.1. The van der Waals surface area contributed by atoms with Gasteiger partial charge in [-0.2, -0.15) is 0 Å². The Balaban J connectivity index is 1.98. The first kappa shape index (κ1) is 15.7. The van der Waals surface area contributed by atoms with Gasteiger partial charge in [-0.3, -0.25) is 0 Å². The summed E-state index contributed by atoms with van der Waals surface area (Å²) in [5.74, 6) is 2.73. The van der Waals surface area contributed by atoms with Gasteiger partial charge in [-0.25, -0.2) is 0 Å². The Bertz CT molecular complexity index is 535. The summed E-state index contributed by atoms with van der Waals surface area (Å²) in [5, 5.41) is 0. The van der Waals surface area contributed by atoms with Crippen molar-refractivity contribution in [2.45, 2.75) is 59.8 Å². The second-order valence-corrected chi connectivity index (χ2v) is 7.53. The maximum Gasteiger partial charge on any atom is 0.143 e. The van der Waals surface area contributed by atoms with Gasteiger partial charge in [-0.05, 0) is 67.2 Å². The molecule has 122 valence electrons. The molecule has 0 aromatic heterocycles. The standard InChI is InChI=1S/C20H31NO/c1-5-16-6-8-17-12-19-20(15(4)18(17)9-7-16)21(10-11-22-19)13-14(2)3/h12,14,16H,5-11,13H2,1-4H3. The molecule has 1 aromatic rings. The van der Waals surface area contributed by atoms with Crippen molar-refractivity contribution in [2.75, 3.05) is 24.6 Å². The molecule has 0 spiro atoms. The molecule has 0 N–H and O–H groups in total. The van der Waals surface area contributed by atoms with Crippen LogP contribution in [-0.4, -0.2) is 19.7 Å². The first-order valence-electron chi connectivity index (χ1n) is 9.13. The molecule has 1 unspecified atom stereocenters. The summed E-state index contributed by atoms with van der Waals surface area (Å²) in [4.78, 5) is 2.56. The molecule has 0 saturated carbocycles. The first-order valence-corrected chi connectivity index (χ1v) is 9.13. The highest BCUT2D eigenvalue weighted by Crippen LogP contribution is 2.41. The number of aryl methyl sites for hydroxylation is 1. The highest BCUT2D eigenvalue weighted by Gasteiger charge is 2.26. The summed E-state index contributed by atoms with van der Waals surface area (Å²) in [6.07, 6.45) is 6.51. The van der Waals surface area contributed by atoms with Gasteiger partial charge >= 0.3 is 0 Å². The molecule has 0 fully saturated rings. The zero-order chi connectivity index (χ0) is 15.7. The average Bonchev–Trinajstić information content (AvgIpc) is 2.69. The first-order chi connectivity index (χ1) is 10.6. The van der Waals surface area contributed by atoms with Crippen LogP contribution in [0, 0.1) is 18.8 Å². The zero-order valence-electron chi connectivity index (χ0n) is 14.7. The monoisotopic (exact) mass is 301 g/mol. The Morgan fingerprint density at radius 1 is 1.27 bits per heavy atom. The van der Waals surface area contributed by atoms with E-state index >= 15 is 0 Å². The van der Waals surface area contributed by atoms with Gasteiger partial charge in [0.05, 0.1) is 12.2 Å². The molecule has 3 rings (SSSR count). The van der Waals surface area contributed by atoms with Crippen LogP contribution in [0.3, 0.4) is 0 Å². The van der Waals surface area contributed by atoms with Crippen LogP contribution in [0.25, 0.3) is 0 Å². The van der Waals surface area contributed by atoms with Crippen molar-refractivity contribution >= 4 is 5.69 Å². The van der Waals surface area contributed by atoms with Gasteiger partial charge in [0, 0.05) is 6.54 Å². The van der Waals surface area contributed by atoms with E-state index in [-0.39, 0.29) is 0 Å². The van der Waals surface area contributed by atoms with Gasteiger partial charge < -0.3 is 9.64 Å². The summed E-state index contributed by atoms with van der Waals surface area (Å²) < 4.78 is 6.03. The predicted molar refractivity (Wildman–Crippen MR) is 94.1 cm³/mol. The highest BCUT2D eigenvalue weighted by atomic mass is 16.5. The summed E-state index contributed by atoms with van der Waals surface area (Å²) in [5.41, 5.74) is 6.05. The predicted octanol–water partition coefficient (Wildman–Crippen LogP) is 4.75. The number of fused-ring (bicyclic) bond motifs is 2. The lowest BCUT2D eigenvalue weighted by Crippen LogP contribution is -2.36. The van der Waals surface area contributed by atoms with Crippen LogP contribution >= 0.6 is 0 Å². The van der Waals surface area contributed by atoms with Gasteiger partial charge in [0.25, 0.3) is 0 Å². The van der Waals surface area contributed by atoms with Crippen molar-refractivity contribution in [2.24, 2.45) is 11.8 Å². The molecular weight excluding hydrogens is 270 g/mol. The van der Waals surface area contributed by atoms with Crippen molar-refractivity contribution in [3.05, 3.63) is 22.8 Å².